The zero-order valence-corrected chi connectivity index (χ0v) is 13.8. The molecule has 2 aromatic rings. The van der Waals surface area contributed by atoms with Crippen LogP contribution in [0.2, 0.25) is 0 Å². The van der Waals surface area contributed by atoms with Crippen LogP contribution in [0.1, 0.15) is 27.6 Å². The molecule has 0 bridgehead atoms. The van der Waals surface area contributed by atoms with Crippen molar-refractivity contribution in [3.63, 3.8) is 0 Å². The molecule has 0 aromatic carbocycles. The first-order valence-electron chi connectivity index (χ1n) is 5.78. The number of methoxy groups -OCH3 is 1. The molecule has 0 saturated carbocycles. The molecule has 2 aromatic heterocycles. The van der Waals surface area contributed by atoms with Gasteiger partial charge in [0.2, 0.25) is 0 Å². The van der Waals surface area contributed by atoms with Crippen molar-refractivity contribution < 1.29 is 4.74 Å². The maximum atomic E-state index is 5.44. The lowest BCUT2D eigenvalue weighted by atomic mass is 10.2. The van der Waals surface area contributed by atoms with Crippen LogP contribution in [0.4, 0.5) is 0 Å². The van der Waals surface area contributed by atoms with Gasteiger partial charge in [-0.15, -0.1) is 22.7 Å². The summed E-state index contributed by atoms with van der Waals surface area (Å²) < 4.78 is 6.61. The molecule has 98 valence electrons. The Kier molecular flexibility index (Phi) is 4.84. The number of aryl methyl sites for hydroxylation is 1. The molecule has 2 heterocycles. The maximum Gasteiger partial charge on any atom is 0.134 e. The standard InChI is InChI=1S/C13H16BrNOS2/c1-4-15-11(12-9(14)7-8(2)18-12)13-10(16-3)5-6-17-13/h5-7,11,15H,4H2,1-3H3. The highest BCUT2D eigenvalue weighted by Crippen LogP contribution is 2.40. The third-order valence-electron chi connectivity index (χ3n) is 2.65. The highest BCUT2D eigenvalue weighted by atomic mass is 79.9. The lowest BCUT2D eigenvalue weighted by Crippen LogP contribution is -2.20. The van der Waals surface area contributed by atoms with Crippen molar-refractivity contribution in [1.29, 1.82) is 0 Å². The van der Waals surface area contributed by atoms with Crippen molar-refractivity contribution in [2.75, 3.05) is 13.7 Å². The number of halogens is 1. The van der Waals surface area contributed by atoms with Gasteiger partial charge in [0.05, 0.1) is 18.0 Å². The monoisotopic (exact) mass is 345 g/mol. The zero-order valence-electron chi connectivity index (χ0n) is 10.6. The van der Waals surface area contributed by atoms with Crippen LogP contribution >= 0.6 is 38.6 Å². The Bertz CT molecular complexity index is 521. The molecule has 0 amide bonds. The molecule has 0 saturated heterocycles. The Labute approximate surface area is 124 Å². The second kappa shape index (κ2) is 6.19. The first-order valence-corrected chi connectivity index (χ1v) is 8.26. The summed E-state index contributed by atoms with van der Waals surface area (Å²) in [7, 11) is 1.73. The Morgan fingerprint density at radius 3 is 2.78 bits per heavy atom. The summed E-state index contributed by atoms with van der Waals surface area (Å²) in [4.78, 5) is 3.87. The van der Waals surface area contributed by atoms with Crippen molar-refractivity contribution in [3.8, 4) is 5.75 Å². The molecule has 0 aliphatic heterocycles. The number of hydrogen-bond acceptors (Lipinski definition) is 4. The van der Waals surface area contributed by atoms with E-state index in [9.17, 15) is 0 Å². The fraction of sp³-hybridized carbons (Fsp3) is 0.385. The average molecular weight is 346 g/mol. The van der Waals surface area contributed by atoms with Gasteiger partial charge in [0.1, 0.15) is 5.75 Å². The molecule has 1 atom stereocenters. The van der Waals surface area contributed by atoms with E-state index < -0.39 is 0 Å². The molecular weight excluding hydrogens is 330 g/mol. The molecule has 0 spiro atoms. The summed E-state index contributed by atoms with van der Waals surface area (Å²) in [6.45, 7) is 5.18. The fourth-order valence-electron chi connectivity index (χ4n) is 1.89. The second-order valence-electron chi connectivity index (χ2n) is 3.91. The normalized spacial score (nSPS) is 12.7. The third-order valence-corrected chi connectivity index (χ3v) is 5.64. The highest BCUT2D eigenvalue weighted by Gasteiger charge is 2.22. The van der Waals surface area contributed by atoms with Gasteiger partial charge in [0.25, 0.3) is 0 Å². The van der Waals surface area contributed by atoms with E-state index in [-0.39, 0.29) is 6.04 Å². The molecule has 18 heavy (non-hydrogen) atoms. The van der Waals surface area contributed by atoms with Crippen molar-refractivity contribution in [2.45, 2.75) is 19.9 Å². The average Bonchev–Trinajstić information content (AvgIpc) is 2.92. The van der Waals surface area contributed by atoms with Crippen LogP contribution in [0.15, 0.2) is 22.0 Å². The van der Waals surface area contributed by atoms with E-state index in [0.717, 1.165) is 12.3 Å². The summed E-state index contributed by atoms with van der Waals surface area (Å²) in [6.07, 6.45) is 0. The summed E-state index contributed by atoms with van der Waals surface area (Å²) in [5, 5.41) is 5.62. The van der Waals surface area contributed by atoms with E-state index >= 15 is 0 Å². The zero-order chi connectivity index (χ0) is 13.1. The molecule has 0 aliphatic carbocycles. The number of thiophene rings is 2. The van der Waals surface area contributed by atoms with Gasteiger partial charge in [0, 0.05) is 14.2 Å². The predicted octanol–water partition coefficient (Wildman–Crippen LogP) is 4.59. The number of nitrogens with one attached hydrogen (secondary N) is 1. The molecule has 2 rings (SSSR count). The first-order chi connectivity index (χ1) is 8.67. The lowest BCUT2D eigenvalue weighted by Gasteiger charge is -2.17. The van der Waals surface area contributed by atoms with Gasteiger partial charge in [-0.05, 0) is 46.9 Å². The maximum absolute atomic E-state index is 5.44. The van der Waals surface area contributed by atoms with E-state index in [1.807, 2.05) is 17.4 Å². The van der Waals surface area contributed by atoms with Crippen LogP contribution < -0.4 is 10.1 Å². The van der Waals surface area contributed by atoms with Crippen molar-refractivity contribution in [2.24, 2.45) is 0 Å². The van der Waals surface area contributed by atoms with Gasteiger partial charge in [0.15, 0.2) is 0 Å². The highest BCUT2D eigenvalue weighted by molar-refractivity contribution is 9.10. The lowest BCUT2D eigenvalue weighted by molar-refractivity contribution is 0.408. The van der Waals surface area contributed by atoms with Gasteiger partial charge in [-0.3, -0.25) is 0 Å². The summed E-state index contributed by atoms with van der Waals surface area (Å²) in [5.41, 5.74) is 0. The SMILES string of the molecule is CCNC(c1sc(C)cc1Br)c1sccc1OC. The van der Waals surface area contributed by atoms with Gasteiger partial charge in [-0.2, -0.15) is 0 Å². The van der Waals surface area contributed by atoms with Crippen LogP contribution in [-0.2, 0) is 0 Å². The predicted molar refractivity (Wildman–Crippen MR) is 83.1 cm³/mol. The van der Waals surface area contributed by atoms with Gasteiger partial charge in [-0.25, -0.2) is 0 Å². The first kappa shape index (κ1) is 14.1. The van der Waals surface area contributed by atoms with Crippen LogP contribution in [0.5, 0.6) is 5.75 Å². The Hall–Kier alpha value is -0.360. The largest absolute Gasteiger partial charge is 0.496 e. The second-order valence-corrected chi connectivity index (χ2v) is 7.00. The smallest absolute Gasteiger partial charge is 0.134 e. The van der Waals surface area contributed by atoms with E-state index in [1.54, 1.807) is 18.4 Å². The van der Waals surface area contributed by atoms with Crippen LogP contribution in [0.25, 0.3) is 0 Å². The molecule has 1 unspecified atom stereocenters. The number of hydrogen-bond donors (Lipinski definition) is 1. The van der Waals surface area contributed by atoms with Crippen molar-refractivity contribution >= 4 is 38.6 Å². The molecule has 5 heteroatoms. The fourth-order valence-corrected chi connectivity index (χ4v) is 4.88. The van der Waals surface area contributed by atoms with Gasteiger partial charge < -0.3 is 10.1 Å². The number of ether oxygens (including phenoxy) is 1. The van der Waals surface area contributed by atoms with E-state index in [0.29, 0.717) is 0 Å². The molecule has 0 fully saturated rings. The quantitative estimate of drug-likeness (QED) is 0.855. The van der Waals surface area contributed by atoms with E-state index in [2.05, 4.69) is 46.5 Å². The Balaban J connectivity index is 2.42. The van der Waals surface area contributed by atoms with Crippen LogP contribution in [-0.4, -0.2) is 13.7 Å². The van der Waals surface area contributed by atoms with Crippen molar-refractivity contribution in [3.05, 3.63) is 36.6 Å². The van der Waals surface area contributed by atoms with Crippen molar-refractivity contribution in [1.82, 2.24) is 5.32 Å². The molecule has 0 radical (unpaired) electrons. The number of rotatable bonds is 5. The minimum Gasteiger partial charge on any atom is -0.496 e. The van der Waals surface area contributed by atoms with E-state index in [4.69, 9.17) is 4.74 Å². The topological polar surface area (TPSA) is 21.3 Å². The molecule has 0 aliphatic rings. The van der Waals surface area contributed by atoms with Gasteiger partial charge >= 0.3 is 0 Å². The minimum absolute atomic E-state index is 0.207. The van der Waals surface area contributed by atoms with E-state index in [1.165, 1.54) is 19.1 Å². The summed E-state index contributed by atoms with van der Waals surface area (Å²) >= 11 is 7.21. The Morgan fingerprint density at radius 1 is 1.44 bits per heavy atom. The molecule has 1 N–H and O–H groups in total. The third kappa shape index (κ3) is 2.79. The minimum atomic E-state index is 0.207. The Morgan fingerprint density at radius 2 is 2.22 bits per heavy atom. The molecule has 2 nitrogen and oxygen atoms in total. The summed E-state index contributed by atoms with van der Waals surface area (Å²) in [6, 6.07) is 4.40. The van der Waals surface area contributed by atoms with Crippen LogP contribution in [0.3, 0.4) is 0 Å². The van der Waals surface area contributed by atoms with Gasteiger partial charge in [-0.1, -0.05) is 6.92 Å². The summed E-state index contributed by atoms with van der Waals surface area (Å²) in [5.74, 6) is 0.962. The molecular formula is C13H16BrNOS2. The van der Waals surface area contributed by atoms with Crippen LogP contribution in [0, 0.1) is 6.92 Å².